The summed E-state index contributed by atoms with van der Waals surface area (Å²) in [5.74, 6) is 0.615. The van der Waals surface area contributed by atoms with Gasteiger partial charge in [0.25, 0.3) is 5.56 Å². The fourth-order valence-electron chi connectivity index (χ4n) is 5.43. The predicted octanol–water partition coefficient (Wildman–Crippen LogP) is 6.30. The lowest BCUT2D eigenvalue weighted by Crippen LogP contribution is -2.39. The van der Waals surface area contributed by atoms with E-state index in [0.29, 0.717) is 43.2 Å². The van der Waals surface area contributed by atoms with Crippen LogP contribution in [0.4, 0.5) is 0 Å². The van der Waals surface area contributed by atoms with Crippen LogP contribution in [-0.4, -0.2) is 24.3 Å². The number of methoxy groups -OCH3 is 1. The molecule has 0 bridgehead atoms. The molecule has 0 N–H and O–H groups in total. The van der Waals surface area contributed by atoms with Gasteiger partial charge in [-0.2, -0.15) is 0 Å². The first kappa shape index (κ1) is 29.6. The van der Waals surface area contributed by atoms with Crippen molar-refractivity contribution in [3.8, 4) is 11.5 Å². The highest BCUT2D eigenvalue weighted by Gasteiger charge is 2.33. The molecular formula is C35H29BrN2O5S. The molecule has 0 fully saturated rings. The first-order chi connectivity index (χ1) is 21.4. The van der Waals surface area contributed by atoms with Crippen molar-refractivity contribution in [1.82, 2.24) is 4.57 Å². The summed E-state index contributed by atoms with van der Waals surface area (Å²) < 4.78 is 20.1. The van der Waals surface area contributed by atoms with Crippen molar-refractivity contribution in [3.05, 3.63) is 137 Å². The zero-order valence-electron chi connectivity index (χ0n) is 24.4. The summed E-state index contributed by atoms with van der Waals surface area (Å²) in [6.07, 6.45) is 1.80. The monoisotopic (exact) mass is 668 g/mol. The van der Waals surface area contributed by atoms with Gasteiger partial charge >= 0.3 is 5.97 Å². The number of esters is 1. The highest BCUT2D eigenvalue weighted by molar-refractivity contribution is 9.10. The maximum absolute atomic E-state index is 13.9. The maximum Gasteiger partial charge on any atom is 0.338 e. The van der Waals surface area contributed by atoms with Crippen LogP contribution in [0.2, 0.25) is 0 Å². The lowest BCUT2D eigenvalue weighted by molar-refractivity contribution is -0.139. The number of thiazole rings is 1. The van der Waals surface area contributed by atoms with Crippen LogP contribution in [0.3, 0.4) is 0 Å². The molecule has 9 heteroatoms. The maximum atomic E-state index is 13.9. The number of carbonyl (C=O) groups excluding carboxylic acids is 1. The molecule has 7 nitrogen and oxygen atoms in total. The molecule has 2 heterocycles. The van der Waals surface area contributed by atoms with Crippen LogP contribution < -0.4 is 24.4 Å². The highest BCUT2D eigenvalue weighted by Crippen LogP contribution is 2.38. The second-order valence-corrected chi connectivity index (χ2v) is 12.0. The molecule has 1 atom stereocenters. The van der Waals surface area contributed by atoms with E-state index in [0.717, 1.165) is 27.5 Å². The van der Waals surface area contributed by atoms with E-state index >= 15 is 0 Å². The minimum absolute atomic E-state index is 0.222. The fourth-order valence-corrected chi connectivity index (χ4v) is 7.05. The summed E-state index contributed by atoms with van der Waals surface area (Å²) in [7, 11) is 1.59. The number of benzene rings is 4. The summed E-state index contributed by atoms with van der Waals surface area (Å²) in [5.41, 5.74) is 3.25. The van der Waals surface area contributed by atoms with E-state index in [1.807, 2.05) is 60.7 Å². The largest absolute Gasteiger partial charge is 0.493 e. The Balaban J connectivity index is 1.39. The molecule has 0 spiro atoms. The number of halogens is 1. The molecule has 0 saturated carbocycles. The van der Waals surface area contributed by atoms with Gasteiger partial charge in [-0.15, -0.1) is 0 Å². The number of ether oxygens (including phenoxy) is 3. The molecule has 6 rings (SSSR count). The molecule has 5 aromatic rings. The van der Waals surface area contributed by atoms with Gasteiger partial charge in [-0.25, -0.2) is 9.79 Å². The third-order valence-corrected chi connectivity index (χ3v) is 9.01. The standard InChI is InChI=1S/C35H29BrN2O5S/c1-4-42-34(40)30-21(2)37-35-38(31(30)24-12-6-5-7-13-24)33(39)29(44-35)19-22-17-27(36)32(28(18-22)41-3)43-20-25-15-10-14-23-11-8-9-16-26(23)25/h5-19,31H,4,20H2,1-3H3/b29-19-/t31-/m0/s1. The fraction of sp³-hybridized carbons (Fsp3) is 0.171. The van der Waals surface area contributed by atoms with E-state index < -0.39 is 12.0 Å². The Morgan fingerprint density at radius 1 is 1.05 bits per heavy atom. The van der Waals surface area contributed by atoms with Crippen LogP contribution in [0.1, 0.15) is 36.6 Å². The number of carbonyl (C=O) groups is 1. The first-order valence-corrected chi connectivity index (χ1v) is 15.7. The lowest BCUT2D eigenvalue weighted by Gasteiger charge is -2.24. The van der Waals surface area contributed by atoms with Gasteiger partial charge in [0.2, 0.25) is 0 Å². The van der Waals surface area contributed by atoms with Crippen LogP contribution in [0.5, 0.6) is 11.5 Å². The van der Waals surface area contributed by atoms with Crippen LogP contribution in [0.25, 0.3) is 16.8 Å². The van der Waals surface area contributed by atoms with Gasteiger partial charge in [0.15, 0.2) is 16.3 Å². The third kappa shape index (κ3) is 5.60. The molecule has 4 aromatic carbocycles. The Bertz CT molecular complexity index is 2090. The van der Waals surface area contributed by atoms with Gasteiger partial charge in [0.05, 0.1) is 40.0 Å². The SMILES string of the molecule is CCOC(=O)C1=C(C)N=c2s/c(=C\c3cc(Br)c(OCc4cccc5ccccc45)c(OC)c3)c(=O)n2[C@H]1c1ccccc1. The van der Waals surface area contributed by atoms with Crippen LogP contribution in [0.15, 0.2) is 110 Å². The molecule has 0 amide bonds. The zero-order valence-corrected chi connectivity index (χ0v) is 26.8. The Morgan fingerprint density at radius 2 is 1.80 bits per heavy atom. The molecule has 0 aliphatic carbocycles. The molecule has 44 heavy (non-hydrogen) atoms. The lowest BCUT2D eigenvalue weighted by atomic mass is 9.96. The van der Waals surface area contributed by atoms with Crippen molar-refractivity contribution in [2.45, 2.75) is 26.5 Å². The number of allylic oxidation sites excluding steroid dienone is 1. The van der Waals surface area contributed by atoms with Gasteiger partial charge in [-0.1, -0.05) is 84.1 Å². The average Bonchev–Trinajstić information content (AvgIpc) is 3.33. The summed E-state index contributed by atoms with van der Waals surface area (Å²) in [6, 6.07) is 26.9. The molecule has 1 aromatic heterocycles. The van der Waals surface area contributed by atoms with E-state index in [1.54, 1.807) is 31.6 Å². The van der Waals surface area contributed by atoms with E-state index in [4.69, 9.17) is 14.2 Å². The Kier molecular flexibility index (Phi) is 8.50. The molecular weight excluding hydrogens is 640 g/mol. The highest BCUT2D eigenvalue weighted by atomic mass is 79.9. The van der Waals surface area contributed by atoms with Crippen LogP contribution in [0, 0.1) is 0 Å². The molecule has 1 aliphatic heterocycles. The number of nitrogens with zero attached hydrogens (tertiary/aromatic N) is 2. The van der Waals surface area contributed by atoms with E-state index in [-0.39, 0.29) is 12.2 Å². The number of fused-ring (bicyclic) bond motifs is 2. The second kappa shape index (κ2) is 12.6. The quantitative estimate of drug-likeness (QED) is 0.181. The zero-order chi connectivity index (χ0) is 30.8. The van der Waals surface area contributed by atoms with Crippen molar-refractivity contribution in [1.29, 1.82) is 0 Å². The van der Waals surface area contributed by atoms with Gasteiger partial charge in [-0.3, -0.25) is 9.36 Å². The normalized spacial score (nSPS) is 14.7. The molecule has 0 saturated heterocycles. The van der Waals surface area contributed by atoms with E-state index in [9.17, 15) is 9.59 Å². The van der Waals surface area contributed by atoms with Crippen LogP contribution in [-0.2, 0) is 16.1 Å². The predicted molar refractivity (Wildman–Crippen MR) is 176 cm³/mol. The van der Waals surface area contributed by atoms with E-state index in [2.05, 4.69) is 45.2 Å². The topological polar surface area (TPSA) is 79.1 Å². The number of hydrogen-bond acceptors (Lipinski definition) is 7. The first-order valence-electron chi connectivity index (χ1n) is 14.1. The van der Waals surface area contributed by atoms with Gasteiger partial charge in [-0.05, 0) is 75.4 Å². The molecule has 1 aliphatic rings. The van der Waals surface area contributed by atoms with E-state index in [1.165, 1.54) is 11.3 Å². The minimum Gasteiger partial charge on any atom is -0.493 e. The molecule has 222 valence electrons. The summed E-state index contributed by atoms with van der Waals surface area (Å²) in [6.45, 7) is 4.11. The van der Waals surface area contributed by atoms with Crippen molar-refractivity contribution in [3.63, 3.8) is 0 Å². The van der Waals surface area contributed by atoms with Crippen molar-refractivity contribution in [2.75, 3.05) is 13.7 Å². The number of aromatic nitrogens is 1. The Morgan fingerprint density at radius 3 is 2.57 bits per heavy atom. The van der Waals surface area contributed by atoms with Crippen molar-refractivity contribution >= 4 is 50.1 Å². The Hall–Kier alpha value is -4.47. The number of rotatable bonds is 8. The molecule has 0 radical (unpaired) electrons. The smallest absolute Gasteiger partial charge is 0.338 e. The van der Waals surface area contributed by atoms with Crippen LogP contribution >= 0.6 is 27.3 Å². The summed E-state index contributed by atoms with van der Waals surface area (Å²) in [5, 5.41) is 2.28. The van der Waals surface area contributed by atoms with Gasteiger partial charge in [0, 0.05) is 0 Å². The molecule has 0 unspecified atom stereocenters. The average molecular weight is 670 g/mol. The van der Waals surface area contributed by atoms with Crippen molar-refractivity contribution < 1.29 is 19.0 Å². The van der Waals surface area contributed by atoms with Crippen molar-refractivity contribution in [2.24, 2.45) is 4.99 Å². The minimum atomic E-state index is -0.653. The summed E-state index contributed by atoms with van der Waals surface area (Å²) in [4.78, 5) is 32.2. The van der Waals surface area contributed by atoms with Gasteiger partial charge in [0.1, 0.15) is 6.61 Å². The number of hydrogen-bond donors (Lipinski definition) is 0. The Labute approximate surface area is 266 Å². The summed E-state index contributed by atoms with van der Waals surface area (Å²) >= 11 is 4.93. The second-order valence-electron chi connectivity index (χ2n) is 10.2. The van der Waals surface area contributed by atoms with Gasteiger partial charge < -0.3 is 14.2 Å². The third-order valence-electron chi connectivity index (χ3n) is 7.43.